The van der Waals surface area contributed by atoms with Crippen LogP contribution in [0.2, 0.25) is 0 Å². The van der Waals surface area contributed by atoms with Gasteiger partial charge in [-0.1, -0.05) is 0 Å². The van der Waals surface area contributed by atoms with Gasteiger partial charge in [0.05, 0.1) is 4.92 Å². The van der Waals surface area contributed by atoms with E-state index in [9.17, 15) is 32.9 Å². The molecule has 0 spiro atoms. The Morgan fingerprint density at radius 1 is 1.20 bits per heavy atom. The molecule has 8 nitrogen and oxygen atoms in total. The number of hydrogen-bond acceptors (Lipinski definition) is 7. The Balaban J connectivity index is 2.31. The lowest BCUT2D eigenvalue weighted by molar-refractivity contribution is -0.388. The highest BCUT2D eigenvalue weighted by Gasteiger charge is 2.40. The molecule has 1 aliphatic rings. The number of nitro benzene ring substituents is 1. The normalized spacial score (nSPS) is 16.8. The third-order valence-corrected chi connectivity index (χ3v) is 3.00. The van der Waals surface area contributed by atoms with Gasteiger partial charge in [0.1, 0.15) is 5.56 Å². The molecule has 1 heterocycles. The van der Waals surface area contributed by atoms with Crippen molar-refractivity contribution in [2.24, 2.45) is 0 Å². The molecular formula is C14H11F3N2O6. The van der Waals surface area contributed by atoms with Crippen LogP contribution in [0.25, 0.3) is 0 Å². The minimum absolute atomic E-state index is 0.226. The van der Waals surface area contributed by atoms with Gasteiger partial charge in [-0.15, -0.1) is 0 Å². The summed E-state index contributed by atoms with van der Waals surface area (Å²) in [5, 5.41) is 13.0. The fourth-order valence-corrected chi connectivity index (χ4v) is 1.95. The fourth-order valence-electron chi connectivity index (χ4n) is 1.95. The second-order valence-electron chi connectivity index (χ2n) is 5.37. The first-order valence-corrected chi connectivity index (χ1v) is 6.70. The summed E-state index contributed by atoms with van der Waals surface area (Å²) in [6.07, 6.45) is -4.15. The lowest BCUT2D eigenvalue weighted by Gasteiger charge is -2.29. The number of hydrogen-bond donors (Lipinski definition) is 1. The van der Waals surface area contributed by atoms with E-state index in [0.717, 1.165) is 12.3 Å². The Morgan fingerprint density at radius 2 is 1.76 bits per heavy atom. The molecule has 0 saturated carbocycles. The number of nitro groups is 1. The molecule has 0 radical (unpaired) electrons. The van der Waals surface area contributed by atoms with Crippen LogP contribution in [0.5, 0.6) is 0 Å². The van der Waals surface area contributed by atoms with E-state index in [1.165, 1.54) is 13.8 Å². The number of halogens is 3. The molecule has 0 unspecified atom stereocenters. The molecule has 1 N–H and O–H groups in total. The van der Waals surface area contributed by atoms with E-state index < -0.39 is 45.6 Å². The molecule has 2 rings (SSSR count). The van der Waals surface area contributed by atoms with Crippen molar-refractivity contribution in [3.8, 4) is 0 Å². The zero-order chi connectivity index (χ0) is 19.0. The lowest BCUT2D eigenvalue weighted by Crippen LogP contribution is -2.42. The Morgan fingerprint density at radius 3 is 2.24 bits per heavy atom. The zero-order valence-corrected chi connectivity index (χ0v) is 12.8. The van der Waals surface area contributed by atoms with Gasteiger partial charge in [-0.05, 0) is 12.1 Å². The van der Waals surface area contributed by atoms with Crippen molar-refractivity contribution in [1.82, 2.24) is 0 Å². The summed E-state index contributed by atoms with van der Waals surface area (Å²) in [6, 6.07) is 2.14. The van der Waals surface area contributed by atoms with Crippen molar-refractivity contribution >= 4 is 23.3 Å². The molecular weight excluding hydrogens is 349 g/mol. The van der Waals surface area contributed by atoms with Crippen LogP contribution in [0.1, 0.15) is 19.4 Å². The van der Waals surface area contributed by atoms with E-state index in [1.54, 1.807) is 0 Å². The van der Waals surface area contributed by atoms with Crippen molar-refractivity contribution in [2.75, 3.05) is 5.32 Å². The average molecular weight is 360 g/mol. The van der Waals surface area contributed by atoms with Crippen LogP contribution in [0, 0.1) is 10.1 Å². The second-order valence-corrected chi connectivity index (χ2v) is 5.37. The van der Waals surface area contributed by atoms with Crippen LogP contribution < -0.4 is 5.32 Å². The average Bonchev–Trinajstić information content (AvgIpc) is 2.43. The standard InChI is InChI=1S/C14H11F3N2O6/c1-13(2)24-11(20)8(12(21)25-13)6-18-7-3-4-10(19(22)23)9(5-7)14(15,16)17/h3-6,18H,1-2H3. The van der Waals surface area contributed by atoms with Gasteiger partial charge < -0.3 is 14.8 Å². The summed E-state index contributed by atoms with van der Waals surface area (Å²) in [6.45, 7) is 2.66. The maximum absolute atomic E-state index is 12.9. The molecule has 0 amide bonds. The predicted octanol–water partition coefficient (Wildman–Crippen LogP) is 2.75. The number of benzene rings is 1. The molecule has 11 heteroatoms. The molecule has 1 fully saturated rings. The molecule has 134 valence electrons. The summed E-state index contributed by atoms with van der Waals surface area (Å²) in [7, 11) is 0. The number of anilines is 1. The fraction of sp³-hybridized carbons (Fsp3) is 0.286. The van der Waals surface area contributed by atoms with Crippen molar-refractivity contribution < 1.29 is 37.2 Å². The van der Waals surface area contributed by atoms with Crippen molar-refractivity contribution in [3.05, 3.63) is 45.6 Å². The molecule has 25 heavy (non-hydrogen) atoms. The predicted molar refractivity (Wildman–Crippen MR) is 76.1 cm³/mol. The van der Waals surface area contributed by atoms with E-state index in [-0.39, 0.29) is 5.69 Å². The maximum Gasteiger partial charge on any atom is 0.423 e. The van der Waals surface area contributed by atoms with E-state index >= 15 is 0 Å². The number of nitrogens with zero attached hydrogens (tertiary/aromatic N) is 1. The highest BCUT2D eigenvalue weighted by molar-refractivity contribution is 6.15. The van der Waals surface area contributed by atoms with Gasteiger partial charge in [-0.3, -0.25) is 10.1 Å². The molecule has 0 atom stereocenters. The highest BCUT2D eigenvalue weighted by Crippen LogP contribution is 2.37. The molecule has 1 saturated heterocycles. The Hall–Kier alpha value is -3.11. The summed E-state index contributed by atoms with van der Waals surface area (Å²) < 4.78 is 48.3. The van der Waals surface area contributed by atoms with Crippen molar-refractivity contribution in [1.29, 1.82) is 0 Å². The Kier molecular flexibility index (Phi) is 4.43. The van der Waals surface area contributed by atoms with E-state index in [4.69, 9.17) is 9.47 Å². The van der Waals surface area contributed by atoms with Crippen LogP contribution >= 0.6 is 0 Å². The van der Waals surface area contributed by atoms with Gasteiger partial charge in [-0.25, -0.2) is 9.59 Å². The molecule has 1 aromatic carbocycles. The molecule has 0 bridgehead atoms. The van der Waals surface area contributed by atoms with Gasteiger partial charge in [0, 0.05) is 31.8 Å². The number of cyclic esters (lactones) is 2. The van der Waals surface area contributed by atoms with Gasteiger partial charge in [0.15, 0.2) is 5.57 Å². The molecule has 1 aliphatic heterocycles. The SMILES string of the molecule is CC1(C)OC(=O)C(=CNc2ccc([N+](=O)[O-])c(C(F)(F)F)c2)C(=O)O1. The first-order valence-electron chi connectivity index (χ1n) is 6.70. The molecule has 1 aromatic rings. The highest BCUT2D eigenvalue weighted by atomic mass is 19.4. The van der Waals surface area contributed by atoms with E-state index in [1.807, 2.05) is 0 Å². The Bertz CT molecular complexity index is 763. The molecule has 0 aromatic heterocycles. The number of nitrogens with one attached hydrogen (secondary N) is 1. The van der Waals surface area contributed by atoms with Gasteiger partial charge in [-0.2, -0.15) is 13.2 Å². The van der Waals surface area contributed by atoms with Crippen molar-refractivity contribution in [3.63, 3.8) is 0 Å². The van der Waals surface area contributed by atoms with Crippen LogP contribution in [-0.2, 0) is 25.2 Å². The topological polar surface area (TPSA) is 108 Å². The summed E-state index contributed by atoms with van der Waals surface area (Å²) in [5.74, 6) is -3.50. The third-order valence-electron chi connectivity index (χ3n) is 3.00. The number of rotatable bonds is 3. The van der Waals surface area contributed by atoms with Crippen LogP contribution in [0.15, 0.2) is 30.0 Å². The first-order chi connectivity index (χ1) is 11.4. The number of carbonyl (C=O) groups is 2. The van der Waals surface area contributed by atoms with Gasteiger partial charge >= 0.3 is 18.1 Å². The first kappa shape index (κ1) is 18.2. The summed E-state index contributed by atoms with van der Waals surface area (Å²) in [4.78, 5) is 32.9. The largest absolute Gasteiger partial charge is 0.423 e. The van der Waals surface area contributed by atoms with Crippen LogP contribution in [-0.4, -0.2) is 22.6 Å². The minimum Gasteiger partial charge on any atom is -0.419 e. The van der Waals surface area contributed by atoms with Gasteiger partial charge in [0.25, 0.3) is 11.5 Å². The third kappa shape index (κ3) is 4.05. The monoisotopic (exact) mass is 360 g/mol. The number of ether oxygens (including phenoxy) is 2. The summed E-state index contributed by atoms with van der Waals surface area (Å²) in [5.41, 5.74) is -3.39. The van der Waals surface area contributed by atoms with E-state index in [0.29, 0.717) is 12.1 Å². The number of alkyl halides is 3. The van der Waals surface area contributed by atoms with Crippen LogP contribution in [0.4, 0.5) is 24.5 Å². The van der Waals surface area contributed by atoms with Crippen LogP contribution in [0.3, 0.4) is 0 Å². The zero-order valence-electron chi connectivity index (χ0n) is 12.8. The second kappa shape index (κ2) is 6.07. The number of esters is 2. The maximum atomic E-state index is 12.9. The van der Waals surface area contributed by atoms with E-state index in [2.05, 4.69) is 5.32 Å². The van der Waals surface area contributed by atoms with Gasteiger partial charge in [0.2, 0.25) is 0 Å². The lowest BCUT2D eigenvalue weighted by atomic mass is 10.1. The minimum atomic E-state index is -4.96. The molecule has 0 aliphatic carbocycles. The quantitative estimate of drug-likeness (QED) is 0.290. The summed E-state index contributed by atoms with van der Waals surface area (Å²) >= 11 is 0. The Labute approximate surface area is 138 Å². The van der Waals surface area contributed by atoms with Crippen molar-refractivity contribution in [2.45, 2.75) is 25.8 Å². The number of carbonyl (C=O) groups excluding carboxylic acids is 2. The smallest absolute Gasteiger partial charge is 0.419 e.